The molecule has 0 aliphatic carbocycles. The number of ether oxygens (including phenoxy) is 2. The maximum atomic E-state index is 13.0. The van der Waals surface area contributed by atoms with Crippen LogP contribution in [0.2, 0.25) is 0 Å². The van der Waals surface area contributed by atoms with E-state index >= 15 is 0 Å². The molecule has 4 rings (SSSR count). The molecule has 0 aliphatic rings. The van der Waals surface area contributed by atoms with Gasteiger partial charge in [0.05, 0.1) is 19.9 Å². The molecule has 202 valence electrons. The van der Waals surface area contributed by atoms with Gasteiger partial charge in [-0.2, -0.15) is 5.10 Å². The van der Waals surface area contributed by atoms with Crippen LogP contribution in [0.1, 0.15) is 41.1 Å². The van der Waals surface area contributed by atoms with Gasteiger partial charge in [-0.3, -0.25) is 9.59 Å². The van der Waals surface area contributed by atoms with E-state index in [0.717, 1.165) is 5.56 Å². The highest BCUT2D eigenvalue weighted by atomic mass is 16.5. The molecule has 0 spiro atoms. The van der Waals surface area contributed by atoms with Gasteiger partial charge in [-0.15, -0.1) is 0 Å². The molecule has 1 atom stereocenters. The highest BCUT2D eigenvalue weighted by Gasteiger charge is 2.22. The van der Waals surface area contributed by atoms with Crippen LogP contribution in [0.15, 0.2) is 60.8 Å². The van der Waals surface area contributed by atoms with Gasteiger partial charge in [0.15, 0.2) is 22.8 Å². The number of anilines is 1. The lowest BCUT2D eigenvalue weighted by Crippen LogP contribution is -2.41. The Kier molecular flexibility index (Phi) is 8.09. The van der Waals surface area contributed by atoms with Crippen LogP contribution < -0.4 is 20.1 Å². The Morgan fingerprint density at radius 3 is 2.31 bits per heavy atom. The van der Waals surface area contributed by atoms with Crippen LogP contribution in [0.3, 0.4) is 0 Å². The van der Waals surface area contributed by atoms with Crippen LogP contribution in [0, 0.1) is 5.92 Å². The zero-order chi connectivity index (χ0) is 28.1. The van der Waals surface area contributed by atoms with Crippen LogP contribution in [0.5, 0.6) is 11.5 Å². The Bertz CT molecular complexity index is 1510. The zero-order valence-corrected chi connectivity index (χ0v) is 22.0. The fraction of sp³-hybridized carbons (Fsp3) is 0.250. The van der Waals surface area contributed by atoms with Gasteiger partial charge in [0.25, 0.3) is 11.8 Å². The number of aromatic nitrogens is 3. The molecule has 0 saturated carbocycles. The minimum atomic E-state index is -1.09. The third kappa shape index (κ3) is 6.15. The summed E-state index contributed by atoms with van der Waals surface area (Å²) < 4.78 is 12.3. The van der Waals surface area contributed by atoms with Crippen LogP contribution in [-0.2, 0) is 4.79 Å². The summed E-state index contributed by atoms with van der Waals surface area (Å²) in [6, 6.07) is 14.0. The van der Waals surface area contributed by atoms with Gasteiger partial charge < -0.3 is 25.2 Å². The second kappa shape index (κ2) is 11.6. The number of carboxylic acids is 1. The van der Waals surface area contributed by atoms with E-state index in [1.54, 1.807) is 55.3 Å². The third-order valence-corrected chi connectivity index (χ3v) is 5.99. The average Bonchev–Trinajstić information content (AvgIpc) is 3.37. The molecule has 0 unspecified atom stereocenters. The second-order valence-corrected chi connectivity index (χ2v) is 9.22. The van der Waals surface area contributed by atoms with Crippen molar-refractivity contribution in [1.29, 1.82) is 0 Å². The number of carboxylic acid groups (broad SMARTS) is 1. The van der Waals surface area contributed by atoms with Gasteiger partial charge in [0.2, 0.25) is 0 Å². The quantitative estimate of drug-likeness (QED) is 0.280. The largest absolute Gasteiger partial charge is 0.493 e. The lowest BCUT2D eigenvalue weighted by Gasteiger charge is -2.16. The molecule has 2 heterocycles. The SMILES string of the molecule is COc1ccc(-c2ccnc3cc(C(=O)Nc4ccc(C(=O)N[C@@H](CC(C)C)C(=O)O)cc4)nn23)cc1OC. The first-order valence-electron chi connectivity index (χ1n) is 12.2. The fourth-order valence-electron chi connectivity index (χ4n) is 4.05. The number of rotatable bonds is 10. The number of aliphatic carboxylic acids is 1. The molecule has 2 amide bonds. The van der Waals surface area contributed by atoms with E-state index < -0.39 is 23.8 Å². The predicted octanol–water partition coefficient (Wildman–Crippen LogP) is 3.89. The Labute approximate surface area is 224 Å². The average molecular weight is 532 g/mol. The highest BCUT2D eigenvalue weighted by molar-refractivity contribution is 6.04. The number of nitrogens with zero attached hydrogens (tertiary/aromatic N) is 3. The van der Waals surface area contributed by atoms with E-state index in [-0.39, 0.29) is 17.2 Å². The number of hydrogen-bond donors (Lipinski definition) is 3. The lowest BCUT2D eigenvalue weighted by molar-refractivity contribution is -0.139. The molecule has 0 saturated heterocycles. The number of methoxy groups -OCH3 is 2. The maximum absolute atomic E-state index is 13.0. The zero-order valence-electron chi connectivity index (χ0n) is 22.0. The summed E-state index contributed by atoms with van der Waals surface area (Å²) in [7, 11) is 3.12. The first-order chi connectivity index (χ1) is 18.7. The Morgan fingerprint density at radius 1 is 0.949 bits per heavy atom. The van der Waals surface area contributed by atoms with Crippen molar-refractivity contribution in [2.45, 2.75) is 26.3 Å². The van der Waals surface area contributed by atoms with Crippen molar-refractivity contribution in [3.63, 3.8) is 0 Å². The number of carbonyl (C=O) groups is 3. The summed E-state index contributed by atoms with van der Waals surface area (Å²) in [5.41, 5.74) is 2.84. The minimum absolute atomic E-state index is 0.105. The monoisotopic (exact) mass is 531 g/mol. The van der Waals surface area contributed by atoms with Crippen LogP contribution >= 0.6 is 0 Å². The Hall–Kier alpha value is -4.93. The number of hydrogen-bond acceptors (Lipinski definition) is 7. The maximum Gasteiger partial charge on any atom is 0.326 e. The molecule has 39 heavy (non-hydrogen) atoms. The molecule has 0 bridgehead atoms. The van der Waals surface area contributed by atoms with Crippen LogP contribution in [-0.4, -0.2) is 57.7 Å². The van der Waals surface area contributed by atoms with Gasteiger partial charge in [0, 0.05) is 29.1 Å². The van der Waals surface area contributed by atoms with Crippen molar-refractivity contribution in [2.75, 3.05) is 19.5 Å². The summed E-state index contributed by atoms with van der Waals surface area (Å²) >= 11 is 0. The van der Waals surface area contributed by atoms with Crippen LogP contribution in [0.25, 0.3) is 16.9 Å². The molecule has 0 radical (unpaired) electrons. The van der Waals surface area contributed by atoms with Crippen molar-refractivity contribution in [3.05, 3.63) is 72.1 Å². The van der Waals surface area contributed by atoms with E-state index in [1.807, 2.05) is 26.0 Å². The molecule has 0 aliphatic heterocycles. The first kappa shape index (κ1) is 27.1. The van der Waals surface area contributed by atoms with E-state index in [0.29, 0.717) is 34.9 Å². The van der Waals surface area contributed by atoms with Crippen molar-refractivity contribution in [2.24, 2.45) is 5.92 Å². The summed E-state index contributed by atoms with van der Waals surface area (Å²) in [6.07, 6.45) is 1.95. The molecular weight excluding hydrogens is 502 g/mol. The smallest absolute Gasteiger partial charge is 0.326 e. The molecule has 0 fully saturated rings. The number of nitrogens with one attached hydrogen (secondary N) is 2. The van der Waals surface area contributed by atoms with Gasteiger partial charge in [-0.05, 0) is 60.9 Å². The number of benzene rings is 2. The molecule has 3 N–H and O–H groups in total. The predicted molar refractivity (Wildman–Crippen MR) is 144 cm³/mol. The standard InChI is InChI=1S/C28H29N5O6/c1-16(2)13-21(28(36)37)31-26(34)17-5-8-19(9-6-17)30-27(35)20-15-25-29-12-11-22(33(25)32-20)18-7-10-23(38-3)24(14-18)39-4/h5-12,14-16,21H,13H2,1-4H3,(H,30,35)(H,31,34)(H,36,37)/t21-/m0/s1. The first-order valence-corrected chi connectivity index (χ1v) is 12.2. The van der Waals surface area contributed by atoms with Crippen molar-refractivity contribution < 1.29 is 29.0 Å². The van der Waals surface area contributed by atoms with E-state index in [1.165, 1.54) is 12.1 Å². The number of fused-ring (bicyclic) bond motifs is 1. The second-order valence-electron chi connectivity index (χ2n) is 9.22. The minimum Gasteiger partial charge on any atom is -0.493 e. The number of amides is 2. The van der Waals surface area contributed by atoms with Crippen molar-refractivity contribution in [3.8, 4) is 22.8 Å². The summed E-state index contributed by atoms with van der Waals surface area (Å²) in [6.45, 7) is 3.77. The van der Waals surface area contributed by atoms with E-state index in [9.17, 15) is 19.5 Å². The van der Waals surface area contributed by atoms with Gasteiger partial charge >= 0.3 is 5.97 Å². The fourth-order valence-corrected chi connectivity index (χ4v) is 4.05. The van der Waals surface area contributed by atoms with Crippen molar-refractivity contribution in [1.82, 2.24) is 19.9 Å². The Morgan fingerprint density at radius 2 is 1.67 bits per heavy atom. The summed E-state index contributed by atoms with van der Waals surface area (Å²) in [5.74, 6) is -0.798. The molecule has 11 heteroatoms. The summed E-state index contributed by atoms with van der Waals surface area (Å²) in [4.78, 5) is 41.3. The van der Waals surface area contributed by atoms with E-state index in [4.69, 9.17) is 9.47 Å². The summed E-state index contributed by atoms with van der Waals surface area (Å²) in [5, 5.41) is 19.1. The molecule has 2 aromatic heterocycles. The topological polar surface area (TPSA) is 144 Å². The molecule has 11 nitrogen and oxygen atoms in total. The number of carbonyl (C=O) groups excluding carboxylic acids is 2. The molecular formula is C28H29N5O6. The van der Waals surface area contributed by atoms with E-state index in [2.05, 4.69) is 20.7 Å². The normalized spacial score (nSPS) is 11.7. The third-order valence-electron chi connectivity index (χ3n) is 5.99. The van der Waals surface area contributed by atoms with Gasteiger partial charge in [-0.1, -0.05) is 13.8 Å². The van der Waals surface area contributed by atoms with Crippen molar-refractivity contribution >= 4 is 29.1 Å². The van der Waals surface area contributed by atoms with Gasteiger partial charge in [-0.25, -0.2) is 14.3 Å². The lowest BCUT2D eigenvalue weighted by atomic mass is 10.0. The van der Waals surface area contributed by atoms with Crippen LogP contribution in [0.4, 0.5) is 5.69 Å². The highest BCUT2D eigenvalue weighted by Crippen LogP contribution is 2.32. The molecule has 4 aromatic rings. The van der Waals surface area contributed by atoms with Gasteiger partial charge in [0.1, 0.15) is 6.04 Å². The molecule has 2 aromatic carbocycles. The Balaban J connectivity index is 1.50.